The Hall–Kier alpha value is -1.35. The van der Waals surface area contributed by atoms with Crippen molar-refractivity contribution in [1.29, 1.82) is 0 Å². The largest absolute Gasteiger partial charge is 0.374 e. The van der Waals surface area contributed by atoms with Crippen molar-refractivity contribution in [1.82, 2.24) is 0 Å². The summed E-state index contributed by atoms with van der Waals surface area (Å²) in [6, 6.07) is 10.8. The summed E-state index contributed by atoms with van der Waals surface area (Å²) in [5.74, 6) is 0.771. The summed E-state index contributed by atoms with van der Waals surface area (Å²) in [4.78, 5) is 12.4. The quantitative estimate of drug-likeness (QED) is 0.929. The van der Waals surface area contributed by atoms with Crippen molar-refractivity contribution in [2.45, 2.75) is 56.1 Å². The van der Waals surface area contributed by atoms with Crippen LogP contribution in [-0.2, 0) is 14.9 Å². The molecule has 22 heavy (non-hydrogen) atoms. The number of hydrogen-bond acceptors (Lipinski definition) is 2. The van der Waals surface area contributed by atoms with Crippen molar-refractivity contribution >= 4 is 5.91 Å². The van der Waals surface area contributed by atoms with Crippen LogP contribution < -0.4 is 5.73 Å². The van der Waals surface area contributed by atoms with Crippen molar-refractivity contribution in [3.05, 3.63) is 35.9 Å². The fraction of sp³-hybridized carbons (Fsp3) is 0.632. The van der Waals surface area contributed by atoms with E-state index >= 15 is 0 Å². The number of ether oxygens (including phenoxy) is 1. The van der Waals surface area contributed by atoms with Crippen LogP contribution in [0.3, 0.4) is 0 Å². The van der Waals surface area contributed by atoms with Gasteiger partial charge in [-0.3, -0.25) is 4.79 Å². The van der Waals surface area contributed by atoms with Gasteiger partial charge in [-0.1, -0.05) is 30.3 Å². The van der Waals surface area contributed by atoms with E-state index in [2.05, 4.69) is 30.3 Å². The van der Waals surface area contributed by atoms with E-state index in [0.717, 1.165) is 19.3 Å². The average Bonchev–Trinajstić information content (AvgIpc) is 3.27. The molecule has 4 bridgehead atoms. The van der Waals surface area contributed by atoms with Crippen LogP contribution in [0.15, 0.2) is 30.3 Å². The Bertz CT molecular complexity index is 626. The molecule has 5 atom stereocenters. The van der Waals surface area contributed by atoms with Gasteiger partial charge in [-0.25, -0.2) is 0 Å². The van der Waals surface area contributed by atoms with Crippen LogP contribution >= 0.6 is 0 Å². The number of rotatable bonds is 4. The Morgan fingerprint density at radius 3 is 2.59 bits per heavy atom. The van der Waals surface area contributed by atoms with Gasteiger partial charge in [0.2, 0.25) is 5.91 Å². The molecule has 0 aliphatic heterocycles. The Labute approximate surface area is 131 Å². The average molecular weight is 297 g/mol. The number of hydrogen-bond donors (Lipinski definition) is 1. The molecular formula is C19H23NO2. The van der Waals surface area contributed by atoms with E-state index in [0.29, 0.717) is 17.9 Å². The minimum atomic E-state index is -0.307. The zero-order valence-electron chi connectivity index (χ0n) is 12.8. The van der Waals surface area contributed by atoms with E-state index in [1.54, 1.807) is 0 Å². The van der Waals surface area contributed by atoms with E-state index in [1.165, 1.54) is 24.8 Å². The minimum Gasteiger partial charge on any atom is -0.374 e. The first-order chi connectivity index (χ1) is 10.6. The first-order valence-electron chi connectivity index (χ1n) is 8.64. The second-order valence-electron chi connectivity index (χ2n) is 8.12. The highest BCUT2D eigenvalue weighted by Crippen LogP contribution is 2.71. The second kappa shape index (κ2) is 4.14. The number of primary amides is 1. The molecule has 116 valence electrons. The first kappa shape index (κ1) is 13.1. The van der Waals surface area contributed by atoms with Crippen LogP contribution in [0.1, 0.15) is 44.1 Å². The molecule has 5 aliphatic rings. The van der Waals surface area contributed by atoms with E-state index < -0.39 is 0 Å². The van der Waals surface area contributed by atoms with Crippen molar-refractivity contribution in [3.8, 4) is 0 Å². The lowest BCUT2D eigenvalue weighted by molar-refractivity contribution is -0.130. The molecule has 3 nitrogen and oxygen atoms in total. The van der Waals surface area contributed by atoms with Crippen molar-refractivity contribution < 1.29 is 9.53 Å². The number of carbonyl (C=O) groups is 1. The summed E-state index contributed by atoms with van der Waals surface area (Å²) in [5, 5.41) is 0. The van der Waals surface area contributed by atoms with Crippen LogP contribution in [0, 0.1) is 17.3 Å². The van der Waals surface area contributed by atoms with E-state index in [1.807, 2.05) is 0 Å². The van der Waals surface area contributed by atoms with E-state index in [-0.39, 0.29) is 22.8 Å². The van der Waals surface area contributed by atoms with Gasteiger partial charge < -0.3 is 10.5 Å². The normalized spacial score (nSPS) is 45.4. The molecule has 0 saturated heterocycles. The molecule has 5 aliphatic carbocycles. The monoisotopic (exact) mass is 297 g/mol. The molecule has 5 unspecified atom stereocenters. The van der Waals surface area contributed by atoms with Gasteiger partial charge >= 0.3 is 0 Å². The molecule has 2 N–H and O–H groups in total. The maximum absolute atomic E-state index is 12.4. The molecule has 0 aromatic heterocycles. The van der Waals surface area contributed by atoms with Crippen molar-refractivity contribution in [2.75, 3.05) is 0 Å². The van der Waals surface area contributed by atoms with Gasteiger partial charge in [0.05, 0.1) is 17.6 Å². The number of carbonyl (C=O) groups excluding carboxylic acids is 1. The molecular weight excluding hydrogens is 274 g/mol. The lowest BCUT2D eigenvalue weighted by atomic mass is 9.63. The molecule has 5 saturated carbocycles. The molecule has 1 amide bonds. The van der Waals surface area contributed by atoms with E-state index in [4.69, 9.17) is 10.5 Å². The smallest absolute Gasteiger partial charge is 0.224 e. The van der Waals surface area contributed by atoms with E-state index in [9.17, 15) is 4.79 Å². The highest BCUT2D eigenvalue weighted by molar-refractivity contribution is 5.83. The van der Waals surface area contributed by atoms with Gasteiger partial charge in [0, 0.05) is 5.92 Å². The van der Waals surface area contributed by atoms with Gasteiger partial charge in [-0.05, 0) is 55.4 Å². The van der Waals surface area contributed by atoms with Gasteiger partial charge in [0.25, 0.3) is 0 Å². The molecule has 1 aromatic carbocycles. The Morgan fingerprint density at radius 2 is 1.91 bits per heavy atom. The van der Waals surface area contributed by atoms with Crippen molar-refractivity contribution in [2.24, 2.45) is 23.0 Å². The minimum absolute atomic E-state index is 0.0816. The third-order valence-corrected chi connectivity index (χ3v) is 6.87. The first-order valence-corrected chi connectivity index (χ1v) is 8.64. The maximum Gasteiger partial charge on any atom is 0.224 e. The number of benzene rings is 1. The molecule has 3 heteroatoms. The molecule has 6 rings (SSSR count). The van der Waals surface area contributed by atoms with Crippen LogP contribution in [0.25, 0.3) is 0 Å². The molecule has 0 heterocycles. The summed E-state index contributed by atoms with van der Waals surface area (Å²) in [5.41, 5.74) is 7.16. The summed E-state index contributed by atoms with van der Waals surface area (Å²) < 4.78 is 6.33. The van der Waals surface area contributed by atoms with Crippen LogP contribution in [0.2, 0.25) is 0 Å². The predicted octanol–water partition coefficient (Wildman–Crippen LogP) is 2.78. The topological polar surface area (TPSA) is 52.3 Å². The number of amides is 1. The lowest BCUT2D eigenvalue weighted by Gasteiger charge is -2.42. The lowest BCUT2D eigenvalue weighted by Crippen LogP contribution is -2.41. The molecule has 0 radical (unpaired) electrons. The molecule has 1 aromatic rings. The Kier molecular flexibility index (Phi) is 2.47. The summed E-state index contributed by atoms with van der Waals surface area (Å²) >= 11 is 0. The summed E-state index contributed by atoms with van der Waals surface area (Å²) in [6.45, 7) is 0. The number of nitrogens with two attached hydrogens (primary N) is 1. The van der Waals surface area contributed by atoms with Gasteiger partial charge in [-0.2, -0.15) is 0 Å². The zero-order valence-corrected chi connectivity index (χ0v) is 12.8. The third kappa shape index (κ3) is 1.58. The van der Waals surface area contributed by atoms with Crippen LogP contribution in [0.5, 0.6) is 0 Å². The molecule has 0 spiro atoms. The summed E-state index contributed by atoms with van der Waals surface area (Å²) in [7, 11) is 0. The van der Waals surface area contributed by atoms with Crippen LogP contribution in [-0.4, -0.2) is 18.1 Å². The fourth-order valence-electron chi connectivity index (χ4n) is 5.97. The Morgan fingerprint density at radius 1 is 1.14 bits per heavy atom. The molecule has 5 fully saturated rings. The van der Waals surface area contributed by atoms with Gasteiger partial charge in [0.15, 0.2) is 0 Å². The van der Waals surface area contributed by atoms with Crippen LogP contribution in [0.4, 0.5) is 0 Å². The highest BCUT2D eigenvalue weighted by Gasteiger charge is 2.71. The zero-order chi connectivity index (χ0) is 14.9. The van der Waals surface area contributed by atoms with Gasteiger partial charge in [0.1, 0.15) is 0 Å². The SMILES string of the molecule is NC(=O)C12CC3CC(c4ccccc4)(CC1C3OC1CC1)C2. The Balaban J connectivity index is 1.55. The van der Waals surface area contributed by atoms with Crippen molar-refractivity contribution in [3.63, 3.8) is 0 Å². The fourth-order valence-corrected chi connectivity index (χ4v) is 5.97. The van der Waals surface area contributed by atoms with Gasteiger partial charge in [-0.15, -0.1) is 0 Å². The standard InChI is InChI=1S/C19H23NO2/c20-17(21)19-9-12-8-18(11-19,13-4-2-1-3-5-13)10-15(19)16(12)22-14-6-7-14/h1-5,12,14-16H,6-11H2,(H2,20,21). The third-order valence-electron chi connectivity index (χ3n) is 6.87. The maximum atomic E-state index is 12.4. The predicted molar refractivity (Wildman–Crippen MR) is 83.1 cm³/mol. The highest BCUT2D eigenvalue weighted by atomic mass is 16.5. The summed E-state index contributed by atoms with van der Waals surface area (Å²) in [6.07, 6.45) is 7.27. The second-order valence-corrected chi connectivity index (χ2v) is 8.12.